The lowest BCUT2D eigenvalue weighted by molar-refractivity contribution is -0.113. The molecule has 2 aromatic rings. The molecule has 0 fully saturated rings. The number of rotatable bonds is 6. The second-order valence-corrected chi connectivity index (χ2v) is 8.84. The van der Waals surface area contributed by atoms with E-state index in [1.54, 1.807) is 7.05 Å². The van der Waals surface area contributed by atoms with Crippen LogP contribution in [-0.4, -0.2) is 37.3 Å². The zero-order valence-electron chi connectivity index (χ0n) is 12.0. The molecule has 0 aliphatic heterocycles. The summed E-state index contributed by atoms with van der Waals surface area (Å²) in [5.74, 6) is -0.324. The Bertz CT molecular complexity index is 849. The van der Waals surface area contributed by atoms with Gasteiger partial charge in [-0.3, -0.25) is 4.79 Å². The van der Waals surface area contributed by atoms with Crippen molar-refractivity contribution in [3.8, 4) is 0 Å². The Morgan fingerprint density at radius 2 is 1.96 bits per heavy atom. The number of primary sulfonamides is 1. The van der Waals surface area contributed by atoms with E-state index in [2.05, 4.69) is 20.8 Å². The maximum atomic E-state index is 12.0. The highest BCUT2D eigenvalue weighted by molar-refractivity contribution is 8.01. The number of nitrogens with zero attached hydrogens (tertiary/aromatic N) is 2. The van der Waals surface area contributed by atoms with Crippen molar-refractivity contribution in [3.63, 3.8) is 0 Å². The Morgan fingerprint density at radius 3 is 2.46 bits per heavy atom. The molecule has 13 heteroatoms. The fraction of sp³-hybridized carbons (Fsp3) is 0.182. The van der Waals surface area contributed by atoms with E-state index in [1.807, 2.05) is 0 Å². The molecular weight excluding hydrogens is 417 g/mol. The Kier molecular flexibility index (Phi) is 6.28. The van der Waals surface area contributed by atoms with Gasteiger partial charge in [0.25, 0.3) is 0 Å². The molecule has 0 saturated heterocycles. The number of anilines is 2. The van der Waals surface area contributed by atoms with Gasteiger partial charge in [-0.2, -0.15) is 0 Å². The van der Waals surface area contributed by atoms with Crippen molar-refractivity contribution in [2.45, 2.75) is 9.24 Å². The van der Waals surface area contributed by atoms with Crippen LogP contribution in [0.3, 0.4) is 0 Å². The minimum atomic E-state index is -3.95. The fourth-order valence-electron chi connectivity index (χ4n) is 1.51. The highest BCUT2D eigenvalue weighted by Crippen LogP contribution is 2.33. The molecular formula is C11H11Cl2N5O3S3. The van der Waals surface area contributed by atoms with Crippen molar-refractivity contribution in [1.82, 2.24) is 10.2 Å². The first-order valence-corrected chi connectivity index (χ1v) is 10.3. The quantitative estimate of drug-likeness (QED) is 0.603. The summed E-state index contributed by atoms with van der Waals surface area (Å²) in [4.78, 5) is 11.8. The minimum absolute atomic E-state index is 0.0294. The molecule has 0 atom stereocenters. The van der Waals surface area contributed by atoms with Crippen LogP contribution in [0.5, 0.6) is 0 Å². The predicted octanol–water partition coefficient (Wildman–Crippen LogP) is 2.26. The maximum absolute atomic E-state index is 12.0. The average molecular weight is 428 g/mol. The van der Waals surface area contributed by atoms with Crippen LogP contribution in [0.4, 0.5) is 10.8 Å². The number of benzene rings is 1. The first-order chi connectivity index (χ1) is 11.2. The molecule has 24 heavy (non-hydrogen) atoms. The number of halogens is 2. The van der Waals surface area contributed by atoms with Crippen molar-refractivity contribution < 1.29 is 13.2 Å². The number of carbonyl (C=O) groups excluding carboxylic acids is 1. The summed E-state index contributed by atoms with van der Waals surface area (Å²) in [6.07, 6.45) is 0. The summed E-state index contributed by atoms with van der Waals surface area (Å²) in [6, 6.07) is 2.24. The number of hydrogen-bond acceptors (Lipinski definition) is 8. The lowest BCUT2D eigenvalue weighted by Crippen LogP contribution is -2.16. The summed E-state index contributed by atoms with van der Waals surface area (Å²) in [7, 11) is -2.23. The van der Waals surface area contributed by atoms with E-state index in [1.165, 1.54) is 23.1 Å². The molecule has 0 spiro atoms. The summed E-state index contributed by atoms with van der Waals surface area (Å²) < 4.78 is 23.2. The number of sulfonamides is 1. The van der Waals surface area contributed by atoms with Crippen molar-refractivity contribution in [1.29, 1.82) is 0 Å². The SMILES string of the molecule is CNc1nnc(SCC(=O)Nc2c(Cl)cc(S(N)(=O)=O)cc2Cl)s1. The molecule has 0 aliphatic carbocycles. The van der Waals surface area contributed by atoms with Crippen molar-refractivity contribution >= 4 is 73.0 Å². The van der Waals surface area contributed by atoms with E-state index >= 15 is 0 Å². The molecule has 4 N–H and O–H groups in total. The van der Waals surface area contributed by atoms with E-state index in [9.17, 15) is 13.2 Å². The second-order valence-electron chi connectivity index (χ2n) is 4.27. The third-order valence-corrected chi connectivity index (χ3v) is 6.12. The largest absolute Gasteiger partial charge is 0.363 e. The second kappa shape index (κ2) is 7.85. The number of aromatic nitrogens is 2. The number of nitrogens with one attached hydrogen (secondary N) is 2. The van der Waals surface area contributed by atoms with E-state index in [4.69, 9.17) is 28.3 Å². The average Bonchev–Trinajstić information content (AvgIpc) is 2.95. The molecule has 1 aromatic heterocycles. The van der Waals surface area contributed by atoms with E-state index in [0.29, 0.717) is 9.47 Å². The fourth-order valence-corrected chi connectivity index (χ4v) is 4.29. The first kappa shape index (κ1) is 19.2. The highest BCUT2D eigenvalue weighted by Gasteiger charge is 2.17. The standard InChI is InChI=1S/C11H11Cl2N5O3S3/c1-15-10-17-18-11(23-10)22-4-8(19)16-9-6(12)2-5(3-7(9)13)24(14,20)21/h2-3H,4H2,1H3,(H,15,17)(H,16,19)(H2,14,20,21). The molecule has 0 aliphatic rings. The van der Waals surface area contributed by atoms with Crippen LogP contribution in [0, 0.1) is 0 Å². The summed E-state index contributed by atoms with van der Waals surface area (Å²) in [5, 5.41) is 18.7. The Hall–Kier alpha value is -1.11. The van der Waals surface area contributed by atoms with Gasteiger partial charge in [0.05, 0.1) is 26.4 Å². The summed E-state index contributed by atoms with van der Waals surface area (Å²) in [5.41, 5.74) is 0.115. The van der Waals surface area contributed by atoms with Crippen LogP contribution in [-0.2, 0) is 14.8 Å². The number of amides is 1. The molecule has 2 rings (SSSR count). The molecule has 1 heterocycles. The number of carbonyl (C=O) groups is 1. The van der Waals surface area contributed by atoms with Crippen molar-refractivity contribution in [2.75, 3.05) is 23.4 Å². The molecule has 1 amide bonds. The lowest BCUT2D eigenvalue weighted by Gasteiger charge is -2.10. The van der Waals surface area contributed by atoms with Crippen LogP contribution in [0.2, 0.25) is 10.0 Å². The maximum Gasteiger partial charge on any atom is 0.238 e. The van der Waals surface area contributed by atoms with Crippen LogP contribution in [0.15, 0.2) is 21.4 Å². The van der Waals surface area contributed by atoms with Gasteiger partial charge in [-0.05, 0) is 12.1 Å². The molecule has 8 nitrogen and oxygen atoms in total. The van der Waals surface area contributed by atoms with Gasteiger partial charge in [-0.15, -0.1) is 10.2 Å². The molecule has 0 unspecified atom stereocenters. The topological polar surface area (TPSA) is 127 Å². The van der Waals surface area contributed by atoms with Gasteiger partial charge in [-0.25, -0.2) is 13.6 Å². The molecule has 0 bridgehead atoms. The van der Waals surface area contributed by atoms with Gasteiger partial charge >= 0.3 is 0 Å². The first-order valence-electron chi connectivity index (χ1n) is 6.16. The van der Waals surface area contributed by atoms with E-state index < -0.39 is 10.0 Å². The molecule has 0 radical (unpaired) electrons. The van der Waals surface area contributed by atoms with Crippen LogP contribution < -0.4 is 15.8 Å². The number of thioether (sulfide) groups is 1. The predicted molar refractivity (Wildman–Crippen MR) is 96.6 cm³/mol. The Labute approximate surface area is 156 Å². The van der Waals surface area contributed by atoms with E-state index in [-0.39, 0.29) is 32.3 Å². The monoisotopic (exact) mass is 427 g/mol. The van der Waals surface area contributed by atoms with E-state index in [0.717, 1.165) is 12.1 Å². The van der Waals surface area contributed by atoms with Crippen LogP contribution in [0.25, 0.3) is 0 Å². The molecule has 1 aromatic carbocycles. The highest BCUT2D eigenvalue weighted by atomic mass is 35.5. The van der Waals surface area contributed by atoms with Gasteiger partial charge in [0.1, 0.15) is 0 Å². The molecule has 0 saturated carbocycles. The van der Waals surface area contributed by atoms with Crippen molar-refractivity contribution in [3.05, 3.63) is 22.2 Å². The minimum Gasteiger partial charge on any atom is -0.363 e. The van der Waals surface area contributed by atoms with Gasteiger partial charge in [0.15, 0.2) is 4.34 Å². The van der Waals surface area contributed by atoms with Gasteiger partial charge in [0.2, 0.25) is 21.1 Å². The van der Waals surface area contributed by atoms with Crippen LogP contribution in [0.1, 0.15) is 0 Å². The smallest absolute Gasteiger partial charge is 0.238 e. The zero-order valence-corrected chi connectivity index (χ0v) is 16.0. The Balaban J connectivity index is 2.06. The number of hydrogen-bond donors (Lipinski definition) is 3. The zero-order chi connectivity index (χ0) is 17.9. The van der Waals surface area contributed by atoms with Gasteiger partial charge in [0, 0.05) is 7.05 Å². The third kappa shape index (κ3) is 4.94. The van der Waals surface area contributed by atoms with Crippen molar-refractivity contribution in [2.24, 2.45) is 5.14 Å². The van der Waals surface area contributed by atoms with Gasteiger partial charge in [-0.1, -0.05) is 46.3 Å². The summed E-state index contributed by atoms with van der Waals surface area (Å²) in [6.45, 7) is 0. The Morgan fingerprint density at radius 1 is 1.33 bits per heavy atom. The number of nitrogens with two attached hydrogens (primary N) is 1. The van der Waals surface area contributed by atoms with Crippen LogP contribution >= 0.6 is 46.3 Å². The third-order valence-electron chi connectivity index (χ3n) is 2.56. The molecule has 130 valence electrons. The normalized spacial score (nSPS) is 11.3. The lowest BCUT2D eigenvalue weighted by atomic mass is 10.3. The van der Waals surface area contributed by atoms with Gasteiger partial charge < -0.3 is 10.6 Å². The summed E-state index contributed by atoms with van der Waals surface area (Å²) >= 11 is 14.4.